The third-order valence-corrected chi connectivity index (χ3v) is 155. The van der Waals surface area contributed by atoms with Gasteiger partial charge in [-0.1, -0.05) is 136 Å². The fourth-order valence-electron chi connectivity index (χ4n) is 9.20. The van der Waals surface area contributed by atoms with Gasteiger partial charge >= 0.3 is 0 Å². The number of hydrogen-bond donors (Lipinski definition) is 0. The Morgan fingerprint density at radius 2 is 0.971 bits per heavy atom. The third kappa shape index (κ3) is 5.08. The van der Waals surface area contributed by atoms with Crippen molar-refractivity contribution in [2.24, 2.45) is 4.66 Å². The number of hydrogen-bond acceptors (Lipinski definition) is 2. The van der Waals surface area contributed by atoms with Gasteiger partial charge in [0.15, 0.2) is 5.90 Å². The quantitative estimate of drug-likeness (QED) is 0.259. The molecule has 0 N–H and O–H groups in total. The van der Waals surface area contributed by atoms with E-state index in [1.807, 2.05) is 0 Å². The van der Waals surface area contributed by atoms with Crippen LogP contribution in [0.15, 0.2) is 35.0 Å². The molecule has 0 fully saturated rings. The van der Waals surface area contributed by atoms with E-state index in [4.69, 9.17) is 9.08 Å². The Hall–Kier alpha value is 0.425. The predicted octanol–water partition coefficient (Wildman–Crippen LogP) is 8.07. The molecule has 0 bridgehead atoms. The van der Waals surface area contributed by atoms with Crippen molar-refractivity contribution in [3.63, 3.8) is 0 Å². The molecule has 1 aromatic rings. The van der Waals surface area contributed by atoms with E-state index in [9.17, 15) is 0 Å². The molecular formula is C25H55NOSi8. The van der Waals surface area contributed by atoms with Gasteiger partial charge in [0.25, 0.3) is 8.08 Å². The van der Waals surface area contributed by atoms with E-state index in [1.54, 1.807) is 0 Å². The van der Waals surface area contributed by atoms with Gasteiger partial charge in [0, 0.05) is 35.9 Å². The standard InChI is InChI=1S/C25H55NOSi8/c1-22(2)34(30(5,6)7,31(8,9)10)28-26-25(24-20-18-17-19-21-24)27-29(28)35(23(3)4,32(11,12)13)33(14,15)16/h17-23H,1-16H3. The van der Waals surface area contributed by atoms with E-state index in [-0.39, 0.29) is 0 Å². The van der Waals surface area contributed by atoms with Crippen LogP contribution in [0.3, 0.4) is 0 Å². The van der Waals surface area contributed by atoms with E-state index >= 15 is 0 Å². The van der Waals surface area contributed by atoms with Gasteiger partial charge in [-0.05, 0) is 12.1 Å². The van der Waals surface area contributed by atoms with Gasteiger partial charge in [0.1, 0.15) is 0 Å². The summed E-state index contributed by atoms with van der Waals surface area (Å²) in [4.78, 5) is 0. The van der Waals surface area contributed by atoms with Crippen LogP contribution in [-0.2, 0) is 4.43 Å². The largest absolute Gasteiger partial charge is 0.535 e. The normalized spacial score (nSPS) is 17.8. The van der Waals surface area contributed by atoms with Gasteiger partial charge in [-0.25, -0.2) is 0 Å². The average Bonchev–Trinajstić information content (AvgIpc) is 3.02. The second-order valence-electron chi connectivity index (χ2n) is 15.5. The number of benzene rings is 1. The molecule has 0 atom stereocenters. The minimum Gasteiger partial charge on any atom is -0.535 e. The Kier molecular flexibility index (Phi) is 9.22. The Morgan fingerprint density at radius 3 is 1.29 bits per heavy atom. The first kappa shape index (κ1) is 31.6. The van der Waals surface area contributed by atoms with Crippen LogP contribution in [0.4, 0.5) is 0 Å². The van der Waals surface area contributed by atoms with Crippen molar-refractivity contribution < 1.29 is 4.43 Å². The first-order chi connectivity index (χ1) is 15.6. The van der Waals surface area contributed by atoms with Crippen LogP contribution in [0.5, 0.6) is 0 Å². The molecular weight excluding hydrogens is 555 g/mol. The molecule has 0 spiro atoms. The molecule has 0 aromatic heterocycles. The first-order valence-corrected chi connectivity index (χ1v) is 41.7. The molecule has 198 valence electrons. The lowest BCUT2D eigenvalue weighted by Gasteiger charge is -2.60. The Balaban J connectivity index is 3.07. The van der Waals surface area contributed by atoms with E-state index in [0.717, 1.165) is 17.0 Å². The minimum atomic E-state index is -1.73. The van der Waals surface area contributed by atoms with Crippen LogP contribution >= 0.6 is 0 Å². The average molecular weight is 610 g/mol. The van der Waals surface area contributed by atoms with Gasteiger partial charge in [0.05, 0.1) is 13.3 Å². The summed E-state index contributed by atoms with van der Waals surface area (Å²) in [5, 5.41) is 0. The molecule has 0 saturated heterocycles. The van der Waals surface area contributed by atoms with Gasteiger partial charge in [0.2, 0.25) is 7.99 Å². The SMILES string of the molecule is CC(C)[Si]([Si]1N=C(c2ccccc2)O[Si]1[Si](C(C)C)([Si](C)(C)C)[Si](C)(C)C)([Si](C)(C)C)[Si](C)(C)C. The highest BCUT2D eigenvalue weighted by atomic mass is 30.2. The summed E-state index contributed by atoms with van der Waals surface area (Å²) < 4.78 is 13.6. The van der Waals surface area contributed by atoms with Crippen molar-refractivity contribution in [1.82, 2.24) is 0 Å². The lowest BCUT2D eigenvalue weighted by Crippen LogP contribution is -2.91. The lowest BCUT2D eigenvalue weighted by molar-refractivity contribution is 0.608. The van der Waals surface area contributed by atoms with Crippen LogP contribution in [0.25, 0.3) is 0 Å². The van der Waals surface area contributed by atoms with Crippen LogP contribution in [0.1, 0.15) is 33.3 Å². The summed E-state index contributed by atoms with van der Waals surface area (Å²) in [6.07, 6.45) is 0. The van der Waals surface area contributed by atoms with Crippen LogP contribution in [0.2, 0.25) is 89.6 Å². The summed E-state index contributed by atoms with van der Waals surface area (Å²) in [7, 11) is -7.89. The monoisotopic (exact) mass is 609 g/mol. The summed E-state index contributed by atoms with van der Waals surface area (Å²) in [5.74, 6) is 1.07. The maximum atomic E-state index is 7.59. The Labute approximate surface area is 226 Å². The van der Waals surface area contributed by atoms with Crippen molar-refractivity contribution in [1.29, 1.82) is 0 Å². The zero-order chi connectivity index (χ0) is 27.4. The maximum absolute atomic E-state index is 7.59. The number of rotatable bonds is 9. The van der Waals surface area contributed by atoms with Gasteiger partial charge in [-0.3, -0.25) is 4.66 Å². The topological polar surface area (TPSA) is 21.6 Å². The molecule has 0 aliphatic carbocycles. The van der Waals surface area contributed by atoms with Gasteiger partial charge < -0.3 is 4.43 Å². The van der Waals surface area contributed by atoms with Crippen molar-refractivity contribution in [3.05, 3.63) is 35.9 Å². The third-order valence-electron chi connectivity index (χ3n) is 8.84. The summed E-state index contributed by atoms with van der Waals surface area (Å²) >= 11 is 0. The van der Waals surface area contributed by atoms with Crippen LogP contribution in [-0.4, -0.2) is 65.6 Å². The fraction of sp³-hybridized carbons (Fsp3) is 0.720. The molecule has 1 aliphatic heterocycles. The zero-order valence-electron chi connectivity index (χ0n) is 25.9. The Morgan fingerprint density at radius 1 is 0.600 bits per heavy atom. The van der Waals surface area contributed by atoms with Crippen molar-refractivity contribution in [3.8, 4) is 0 Å². The number of nitrogens with zero attached hydrogens (tertiary/aromatic N) is 1. The summed E-state index contributed by atoms with van der Waals surface area (Å²) in [6, 6.07) is 11.0. The molecule has 1 aliphatic rings. The smallest absolute Gasteiger partial charge is 0.265 e. The lowest BCUT2D eigenvalue weighted by atomic mass is 10.2. The highest BCUT2D eigenvalue weighted by molar-refractivity contribution is 8.04. The highest BCUT2D eigenvalue weighted by Crippen LogP contribution is 2.48. The van der Waals surface area contributed by atoms with Gasteiger partial charge in [-0.2, -0.15) is 0 Å². The van der Waals surface area contributed by atoms with E-state index in [0.29, 0.717) is 0 Å². The molecule has 2 nitrogen and oxygen atoms in total. The minimum absolute atomic E-state index is 0.794. The molecule has 2 rings (SSSR count). The first-order valence-electron chi connectivity index (χ1n) is 13.7. The highest BCUT2D eigenvalue weighted by Gasteiger charge is 2.74. The Bertz CT molecular complexity index is 877. The second kappa shape index (κ2) is 10.2. The van der Waals surface area contributed by atoms with Crippen molar-refractivity contribution >= 4 is 65.6 Å². The van der Waals surface area contributed by atoms with Crippen molar-refractivity contribution in [2.45, 2.75) is 117 Å². The molecule has 2 radical (unpaired) electrons. The molecule has 0 unspecified atom stereocenters. The molecule has 1 aromatic carbocycles. The second-order valence-corrected chi connectivity index (χ2v) is 90.6. The molecule has 1 heterocycles. The van der Waals surface area contributed by atoms with Crippen molar-refractivity contribution in [2.75, 3.05) is 0 Å². The zero-order valence-corrected chi connectivity index (χ0v) is 33.9. The molecule has 0 amide bonds. The van der Waals surface area contributed by atoms with E-state index < -0.39 is 59.7 Å². The molecule has 0 saturated carbocycles. The van der Waals surface area contributed by atoms with Gasteiger partial charge in [-0.15, -0.1) is 0 Å². The molecule has 10 heteroatoms. The van der Waals surface area contributed by atoms with Crippen LogP contribution < -0.4 is 0 Å². The van der Waals surface area contributed by atoms with Crippen LogP contribution in [0, 0.1) is 0 Å². The van der Waals surface area contributed by atoms with E-state index in [2.05, 4.69) is 137 Å². The molecule has 35 heavy (non-hydrogen) atoms. The summed E-state index contributed by atoms with van der Waals surface area (Å²) in [5.41, 5.74) is 2.84. The fourth-order valence-corrected chi connectivity index (χ4v) is 235. The van der Waals surface area contributed by atoms with E-state index in [1.165, 1.54) is 5.56 Å². The summed E-state index contributed by atoms with van der Waals surface area (Å²) in [6.45, 7) is 39.9. The predicted molar refractivity (Wildman–Crippen MR) is 181 cm³/mol. The maximum Gasteiger partial charge on any atom is 0.265 e.